The molecule has 0 bridgehead atoms. The number of carbonyl (C=O) groups excluding carboxylic acids is 1. The van der Waals surface area contributed by atoms with Crippen LogP contribution in [0.5, 0.6) is 0 Å². The highest BCUT2D eigenvalue weighted by atomic mass is 32.1. The Hall–Kier alpha value is -2.63. The lowest BCUT2D eigenvalue weighted by Crippen LogP contribution is -2.26. The summed E-state index contributed by atoms with van der Waals surface area (Å²) >= 11 is 1.58. The third-order valence-electron chi connectivity index (χ3n) is 3.54. The van der Waals surface area contributed by atoms with Crippen molar-refractivity contribution >= 4 is 23.3 Å². The number of furan rings is 1. The Morgan fingerprint density at radius 3 is 2.75 bits per heavy atom. The van der Waals surface area contributed by atoms with Crippen LogP contribution in [-0.2, 0) is 4.79 Å². The summed E-state index contributed by atoms with van der Waals surface area (Å²) < 4.78 is 5.33. The molecular weight excluding hydrogens is 322 g/mol. The van der Waals surface area contributed by atoms with Crippen molar-refractivity contribution < 1.29 is 14.3 Å². The molecule has 0 aliphatic heterocycles. The fraction of sp³-hybridized carbons (Fsp3) is 0.105. The van der Waals surface area contributed by atoms with Crippen LogP contribution in [-0.4, -0.2) is 17.6 Å². The molecule has 4 nitrogen and oxygen atoms in total. The van der Waals surface area contributed by atoms with Crippen LogP contribution in [0.3, 0.4) is 0 Å². The predicted molar refractivity (Wildman–Crippen MR) is 95.5 cm³/mol. The molecule has 122 valence electrons. The summed E-state index contributed by atoms with van der Waals surface area (Å²) in [5, 5.41) is 16.8. The summed E-state index contributed by atoms with van der Waals surface area (Å²) in [7, 11) is 0. The van der Waals surface area contributed by atoms with Crippen molar-refractivity contribution in [3.63, 3.8) is 0 Å². The number of benzene rings is 1. The molecule has 0 aliphatic rings. The molecule has 0 aliphatic carbocycles. The van der Waals surface area contributed by atoms with Crippen LogP contribution in [0.1, 0.15) is 17.2 Å². The van der Waals surface area contributed by atoms with Gasteiger partial charge >= 0.3 is 0 Å². The molecule has 0 saturated carbocycles. The standard InChI is InChI=1S/C19H17NO3S/c21-17(12-20-19(22)8-3-14-9-11-24-13-14)15-4-6-16(7-5-15)18-2-1-10-23-18/h1-11,13,17,21H,12H2,(H,20,22)/b8-3+. The lowest BCUT2D eigenvalue weighted by atomic mass is 10.1. The molecule has 2 N–H and O–H groups in total. The topological polar surface area (TPSA) is 62.5 Å². The fourth-order valence-corrected chi connectivity index (χ4v) is 2.86. The Bertz CT molecular complexity index is 790. The molecule has 3 rings (SSSR count). The van der Waals surface area contributed by atoms with E-state index in [1.54, 1.807) is 23.7 Å². The van der Waals surface area contributed by atoms with E-state index < -0.39 is 6.10 Å². The molecule has 24 heavy (non-hydrogen) atoms. The first kappa shape index (κ1) is 16.2. The smallest absolute Gasteiger partial charge is 0.244 e. The van der Waals surface area contributed by atoms with Crippen LogP contribution < -0.4 is 5.32 Å². The van der Waals surface area contributed by atoms with Crippen molar-refractivity contribution in [3.8, 4) is 11.3 Å². The van der Waals surface area contributed by atoms with E-state index >= 15 is 0 Å². The molecule has 0 spiro atoms. The average Bonchev–Trinajstić information content (AvgIpc) is 3.31. The minimum Gasteiger partial charge on any atom is -0.464 e. The monoisotopic (exact) mass is 339 g/mol. The number of hydrogen-bond donors (Lipinski definition) is 2. The normalized spacial score (nSPS) is 12.4. The van der Waals surface area contributed by atoms with Crippen molar-refractivity contribution in [2.45, 2.75) is 6.10 Å². The van der Waals surface area contributed by atoms with E-state index in [0.29, 0.717) is 0 Å². The van der Waals surface area contributed by atoms with Crippen molar-refractivity contribution in [2.24, 2.45) is 0 Å². The lowest BCUT2D eigenvalue weighted by molar-refractivity contribution is -0.116. The molecule has 0 saturated heterocycles. The summed E-state index contributed by atoms with van der Waals surface area (Å²) in [6.45, 7) is 0.160. The molecule has 2 aromatic heterocycles. The van der Waals surface area contributed by atoms with Gasteiger partial charge in [-0.3, -0.25) is 4.79 Å². The van der Waals surface area contributed by atoms with Gasteiger partial charge in [-0.25, -0.2) is 0 Å². The summed E-state index contributed by atoms with van der Waals surface area (Å²) in [5.74, 6) is 0.551. The van der Waals surface area contributed by atoms with E-state index in [1.165, 1.54) is 6.08 Å². The van der Waals surface area contributed by atoms with Gasteiger partial charge in [-0.15, -0.1) is 0 Å². The number of rotatable bonds is 6. The summed E-state index contributed by atoms with van der Waals surface area (Å²) in [6, 6.07) is 13.1. The van der Waals surface area contributed by atoms with E-state index in [9.17, 15) is 9.90 Å². The Morgan fingerprint density at radius 2 is 2.08 bits per heavy atom. The van der Waals surface area contributed by atoms with Crippen LogP contribution in [0.4, 0.5) is 0 Å². The van der Waals surface area contributed by atoms with Gasteiger partial charge < -0.3 is 14.8 Å². The van der Waals surface area contributed by atoms with Gasteiger partial charge in [0, 0.05) is 18.2 Å². The van der Waals surface area contributed by atoms with E-state index in [4.69, 9.17) is 4.42 Å². The molecular formula is C19H17NO3S. The Kier molecular flexibility index (Phi) is 5.25. The van der Waals surface area contributed by atoms with E-state index in [0.717, 1.165) is 22.5 Å². The minimum atomic E-state index is -0.755. The van der Waals surface area contributed by atoms with Crippen LogP contribution in [0.25, 0.3) is 17.4 Å². The molecule has 0 fully saturated rings. The maximum atomic E-state index is 11.8. The van der Waals surface area contributed by atoms with Gasteiger partial charge in [0.15, 0.2) is 0 Å². The highest BCUT2D eigenvalue weighted by Crippen LogP contribution is 2.22. The maximum Gasteiger partial charge on any atom is 0.244 e. The van der Waals surface area contributed by atoms with E-state index in [-0.39, 0.29) is 12.5 Å². The third-order valence-corrected chi connectivity index (χ3v) is 4.24. The van der Waals surface area contributed by atoms with Crippen LogP contribution in [0, 0.1) is 0 Å². The summed E-state index contributed by atoms with van der Waals surface area (Å²) in [4.78, 5) is 11.8. The lowest BCUT2D eigenvalue weighted by Gasteiger charge is -2.11. The second-order valence-corrected chi connectivity index (χ2v) is 6.03. The van der Waals surface area contributed by atoms with Gasteiger partial charge in [0.1, 0.15) is 5.76 Å². The largest absolute Gasteiger partial charge is 0.464 e. The molecule has 1 unspecified atom stereocenters. The number of carbonyl (C=O) groups is 1. The zero-order chi connectivity index (χ0) is 16.8. The Labute approximate surface area is 144 Å². The zero-order valence-corrected chi connectivity index (χ0v) is 13.7. The van der Waals surface area contributed by atoms with Crippen LogP contribution >= 0.6 is 11.3 Å². The van der Waals surface area contributed by atoms with Crippen LogP contribution in [0.15, 0.2) is 70.0 Å². The van der Waals surface area contributed by atoms with Crippen molar-refractivity contribution in [1.82, 2.24) is 5.32 Å². The molecule has 3 aromatic rings. The van der Waals surface area contributed by atoms with Crippen molar-refractivity contribution in [2.75, 3.05) is 6.54 Å². The molecule has 1 aromatic carbocycles. The van der Waals surface area contributed by atoms with Crippen molar-refractivity contribution in [1.29, 1.82) is 0 Å². The first-order chi connectivity index (χ1) is 11.7. The van der Waals surface area contributed by atoms with E-state index in [1.807, 2.05) is 53.2 Å². The first-order valence-electron chi connectivity index (χ1n) is 7.52. The number of hydrogen-bond acceptors (Lipinski definition) is 4. The van der Waals surface area contributed by atoms with E-state index in [2.05, 4.69) is 5.32 Å². The highest BCUT2D eigenvalue weighted by Gasteiger charge is 2.09. The number of aliphatic hydroxyl groups excluding tert-OH is 1. The minimum absolute atomic E-state index is 0.160. The fourth-order valence-electron chi connectivity index (χ4n) is 2.23. The van der Waals surface area contributed by atoms with Gasteiger partial charge in [0.25, 0.3) is 0 Å². The van der Waals surface area contributed by atoms with Gasteiger partial charge in [0.2, 0.25) is 5.91 Å². The second kappa shape index (κ2) is 7.77. The van der Waals surface area contributed by atoms with Crippen molar-refractivity contribution in [3.05, 3.63) is 76.7 Å². The maximum absolute atomic E-state index is 11.8. The number of amides is 1. The predicted octanol–water partition coefficient (Wildman–Crippen LogP) is 3.87. The average molecular weight is 339 g/mol. The van der Waals surface area contributed by atoms with Gasteiger partial charge in [-0.05, 0) is 46.2 Å². The number of nitrogens with one attached hydrogen (secondary N) is 1. The first-order valence-corrected chi connectivity index (χ1v) is 8.46. The number of thiophene rings is 1. The summed E-state index contributed by atoms with van der Waals surface area (Å²) in [6.07, 6.45) is 4.08. The second-order valence-electron chi connectivity index (χ2n) is 5.25. The third kappa shape index (κ3) is 4.22. The van der Waals surface area contributed by atoms with Gasteiger partial charge in [-0.1, -0.05) is 24.3 Å². The molecule has 1 atom stereocenters. The van der Waals surface area contributed by atoms with Gasteiger partial charge in [0.05, 0.1) is 12.4 Å². The molecule has 1 amide bonds. The molecule has 2 heterocycles. The zero-order valence-electron chi connectivity index (χ0n) is 12.9. The van der Waals surface area contributed by atoms with Crippen LogP contribution in [0.2, 0.25) is 0 Å². The number of aliphatic hydroxyl groups is 1. The quantitative estimate of drug-likeness (QED) is 0.670. The SMILES string of the molecule is O=C(/C=C/c1ccsc1)NCC(O)c1ccc(-c2ccco2)cc1. The molecule has 5 heteroatoms. The van der Waals surface area contributed by atoms with Gasteiger partial charge in [-0.2, -0.15) is 11.3 Å². The highest BCUT2D eigenvalue weighted by molar-refractivity contribution is 7.08. The summed E-state index contributed by atoms with van der Waals surface area (Å²) in [5.41, 5.74) is 2.68. The Morgan fingerprint density at radius 1 is 1.25 bits per heavy atom. The molecule has 0 radical (unpaired) electrons. The Balaban J connectivity index is 1.53.